The van der Waals surface area contributed by atoms with Crippen molar-refractivity contribution in [2.24, 2.45) is 17.3 Å². The summed E-state index contributed by atoms with van der Waals surface area (Å²) in [5.41, 5.74) is 1.10. The van der Waals surface area contributed by atoms with Gasteiger partial charge < -0.3 is 15.3 Å². The van der Waals surface area contributed by atoms with Gasteiger partial charge in [0.15, 0.2) is 0 Å². The number of nitrogens with zero attached hydrogens (tertiary/aromatic N) is 1. The number of carbonyl (C=O) groups is 3. The fourth-order valence-electron chi connectivity index (χ4n) is 5.24. The minimum atomic E-state index is -0.979. The fraction of sp³-hybridized carbons (Fsp3) is 0.633. The molecular weight excluding hydrogens is 452 g/mol. The predicted molar refractivity (Wildman–Crippen MR) is 147 cm³/mol. The van der Waals surface area contributed by atoms with Gasteiger partial charge in [-0.15, -0.1) is 0 Å². The highest BCUT2D eigenvalue weighted by Crippen LogP contribution is 2.35. The van der Waals surface area contributed by atoms with E-state index in [0.29, 0.717) is 12.8 Å². The molecule has 0 heterocycles. The summed E-state index contributed by atoms with van der Waals surface area (Å²) in [4.78, 5) is 41.0. The Bertz CT molecular complexity index is 941. The molecule has 202 valence electrons. The highest BCUT2D eigenvalue weighted by Gasteiger charge is 2.42. The van der Waals surface area contributed by atoms with Crippen molar-refractivity contribution in [1.29, 1.82) is 0 Å². The van der Waals surface area contributed by atoms with E-state index in [-0.39, 0.29) is 35.3 Å². The van der Waals surface area contributed by atoms with Crippen LogP contribution in [0.2, 0.25) is 0 Å². The highest BCUT2D eigenvalue weighted by molar-refractivity contribution is 5.91. The Morgan fingerprint density at radius 3 is 1.92 bits per heavy atom. The molecule has 0 spiro atoms. The molecule has 0 fully saturated rings. The van der Waals surface area contributed by atoms with Crippen LogP contribution in [0.15, 0.2) is 41.5 Å². The average Bonchev–Trinajstić information content (AvgIpc) is 2.79. The molecule has 3 atom stereocenters. The molecule has 0 radical (unpaired) electrons. The third-order valence-corrected chi connectivity index (χ3v) is 7.45. The van der Waals surface area contributed by atoms with Crippen LogP contribution in [0.3, 0.4) is 0 Å². The number of benzene rings is 1. The summed E-state index contributed by atoms with van der Waals surface area (Å²) in [6, 6.07) is 8.83. The topological polar surface area (TPSA) is 86.7 Å². The van der Waals surface area contributed by atoms with Crippen molar-refractivity contribution in [1.82, 2.24) is 10.2 Å². The Kier molecular flexibility index (Phi) is 11.0. The molecule has 36 heavy (non-hydrogen) atoms. The molecule has 2 amide bonds. The minimum Gasteiger partial charge on any atom is -0.478 e. The zero-order valence-electron chi connectivity index (χ0n) is 24.2. The molecule has 2 N–H and O–H groups in total. The van der Waals surface area contributed by atoms with Crippen LogP contribution in [0.25, 0.3) is 0 Å². The minimum absolute atomic E-state index is 0.0000702. The van der Waals surface area contributed by atoms with Crippen molar-refractivity contribution in [3.05, 3.63) is 47.0 Å². The summed E-state index contributed by atoms with van der Waals surface area (Å²) in [7, 11) is 1.72. The summed E-state index contributed by atoms with van der Waals surface area (Å²) in [5, 5.41) is 12.7. The maximum absolute atomic E-state index is 14.0. The molecule has 1 unspecified atom stereocenters. The molecule has 6 heteroatoms. The van der Waals surface area contributed by atoms with Crippen molar-refractivity contribution < 1.29 is 19.5 Å². The molecule has 1 rings (SSSR count). The van der Waals surface area contributed by atoms with E-state index in [1.165, 1.54) is 0 Å². The molecule has 6 nitrogen and oxygen atoms in total. The molecule has 0 aliphatic heterocycles. The number of hydrogen-bond donors (Lipinski definition) is 2. The summed E-state index contributed by atoms with van der Waals surface area (Å²) in [5.74, 6) is -1.68. The summed E-state index contributed by atoms with van der Waals surface area (Å²) in [6.45, 7) is 19.4. The number of carboxylic acid groups (broad SMARTS) is 1. The summed E-state index contributed by atoms with van der Waals surface area (Å²) < 4.78 is 0. The molecule has 0 aliphatic carbocycles. The van der Waals surface area contributed by atoms with Crippen LogP contribution in [-0.2, 0) is 19.8 Å². The zero-order chi connectivity index (χ0) is 28.0. The van der Waals surface area contributed by atoms with Crippen LogP contribution in [0.4, 0.5) is 0 Å². The van der Waals surface area contributed by atoms with Crippen LogP contribution < -0.4 is 5.32 Å². The first-order valence-corrected chi connectivity index (χ1v) is 13.1. The lowest BCUT2D eigenvalue weighted by Gasteiger charge is -2.41. The molecule has 1 aromatic rings. The van der Waals surface area contributed by atoms with Crippen molar-refractivity contribution in [2.45, 2.75) is 99.6 Å². The van der Waals surface area contributed by atoms with E-state index in [1.807, 2.05) is 78.8 Å². The maximum atomic E-state index is 14.0. The lowest BCUT2D eigenvalue weighted by Crippen LogP contribution is -2.58. The quantitative estimate of drug-likeness (QED) is 0.375. The number of amides is 2. The third kappa shape index (κ3) is 7.21. The van der Waals surface area contributed by atoms with Crippen LogP contribution in [0.1, 0.15) is 87.6 Å². The Hall–Kier alpha value is -2.63. The van der Waals surface area contributed by atoms with Gasteiger partial charge >= 0.3 is 5.97 Å². The smallest absolute Gasteiger partial charge is 0.331 e. The van der Waals surface area contributed by atoms with Crippen LogP contribution in [0, 0.1) is 17.3 Å². The zero-order valence-corrected chi connectivity index (χ0v) is 24.2. The number of hydrogen-bond acceptors (Lipinski definition) is 3. The molecule has 1 aromatic carbocycles. The van der Waals surface area contributed by atoms with E-state index in [2.05, 4.69) is 19.2 Å². The second kappa shape index (κ2) is 12.6. The molecule has 0 aromatic heterocycles. The van der Waals surface area contributed by atoms with Gasteiger partial charge in [-0.05, 0) is 42.2 Å². The van der Waals surface area contributed by atoms with Gasteiger partial charge in [0.2, 0.25) is 11.8 Å². The molecule has 0 aliphatic rings. The lowest BCUT2D eigenvalue weighted by atomic mass is 9.71. The number of carboxylic acids is 1. The van der Waals surface area contributed by atoms with Gasteiger partial charge in [-0.1, -0.05) is 92.6 Å². The van der Waals surface area contributed by atoms with Crippen molar-refractivity contribution in [3.63, 3.8) is 0 Å². The van der Waals surface area contributed by atoms with Gasteiger partial charge in [-0.2, -0.15) is 0 Å². The Balaban J connectivity index is 3.40. The van der Waals surface area contributed by atoms with Gasteiger partial charge in [-0.3, -0.25) is 9.59 Å². The third-order valence-electron chi connectivity index (χ3n) is 7.45. The molecular formula is C30H48N2O4. The van der Waals surface area contributed by atoms with E-state index < -0.39 is 22.8 Å². The Labute approximate surface area is 218 Å². The molecule has 0 saturated heterocycles. The van der Waals surface area contributed by atoms with E-state index in [1.54, 1.807) is 18.9 Å². The molecule has 0 bridgehead atoms. The second-order valence-corrected chi connectivity index (χ2v) is 11.8. The van der Waals surface area contributed by atoms with Gasteiger partial charge in [0.25, 0.3) is 0 Å². The van der Waals surface area contributed by atoms with E-state index >= 15 is 0 Å². The number of carbonyl (C=O) groups excluding carboxylic acids is 2. The number of nitrogens with one attached hydrogen (secondary N) is 1. The lowest BCUT2D eigenvalue weighted by molar-refractivity contribution is -0.142. The Morgan fingerprint density at radius 1 is 1.00 bits per heavy atom. The van der Waals surface area contributed by atoms with Gasteiger partial charge in [-0.25, -0.2) is 4.79 Å². The van der Waals surface area contributed by atoms with E-state index in [4.69, 9.17) is 0 Å². The fourth-order valence-corrected chi connectivity index (χ4v) is 5.24. The van der Waals surface area contributed by atoms with Crippen molar-refractivity contribution >= 4 is 17.8 Å². The maximum Gasteiger partial charge on any atom is 0.331 e. The van der Waals surface area contributed by atoms with Crippen LogP contribution in [0.5, 0.6) is 0 Å². The largest absolute Gasteiger partial charge is 0.478 e. The normalized spacial score (nSPS) is 15.6. The van der Waals surface area contributed by atoms with Gasteiger partial charge in [0.1, 0.15) is 6.04 Å². The number of likely N-dealkylation sites (N-methyl/N-ethyl adjacent to an activating group) is 1. The predicted octanol–water partition coefficient (Wildman–Crippen LogP) is 5.82. The second-order valence-electron chi connectivity index (χ2n) is 11.8. The van der Waals surface area contributed by atoms with E-state index in [9.17, 15) is 19.5 Å². The molecule has 0 saturated carbocycles. The standard InChI is InChI=1S/C30H48N2O4/c1-12-22(20(5)28(35)36)24(19(3)4)32(11)27(34)25(29(6,7)8)31-26(33)23(13-2)30(9,10)21-17-15-14-16-18-21/h14-19,23-25H,12-13H2,1-11H3,(H,31,33)(H,35,36)/t23?,24-,25+/m0/s1. The van der Waals surface area contributed by atoms with E-state index in [0.717, 1.165) is 11.1 Å². The number of rotatable bonds is 11. The average molecular weight is 501 g/mol. The van der Waals surface area contributed by atoms with Crippen molar-refractivity contribution in [3.8, 4) is 0 Å². The first-order chi connectivity index (χ1) is 16.5. The Morgan fingerprint density at radius 2 is 1.53 bits per heavy atom. The monoisotopic (exact) mass is 500 g/mol. The summed E-state index contributed by atoms with van der Waals surface area (Å²) in [6.07, 6.45) is 1.15. The van der Waals surface area contributed by atoms with Crippen LogP contribution >= 0.6 is 0 Å². The van der Waals surface area contributed by atoms with Crippen molar-refractivity contribution in [2.75, 3.05) is 7.05 Å². The van der Waals surface area contributed by atoms with Crippen LogP contribution in [-0.4, -0.2) is 46.9 Å². The first kappa shape index (κ1) is 31.4. The van der Waals surface area contributed by atoms with Gasteiger partial charge in [0.05, 0.1) is 6.04 Å². The SMILES string of the molecule is CCC(=C(C)C(=O)O)[C@H](C(C)C)N(C)C(=O)[C@@H](NC(=O)C(CC)C(C)(C)c1ccccc1)C(C)(C)C. The van der Waals surface area contributed by atoms with Gasteiger partial charge in [0, 0.05) is 24.0 Å². The summed E-state index contributed by atoms with van der Waals surface area (Å²) >= 11 is 0. The first-order valence-electron chi connectivity index (χ1n) is 13.1. The number of aliphatic carboxylic acids is 1. The highest BCUT2D eigenvalue weighted by atomic mass is 16.4.